The number of rotatable bonds is 9. The first kappa shape index (κ1) is 23.0. The highest BCUT2D eigenvalue weighted by atomic mass is 16.2. The molecular weight excluding hydrogens is 438 g/mol. The minimum Gasteiger partial charge on any atom is -0.350 e. The van der Waals surface area contributed by atoms with E-state index in [-0.39, 0.29) is 11.8 Å². The van der Waals surface area contributed by atoms with Crippen molar-refractivity contribution in [2.24, 2.45) is 28.6 Å². The summed E-state index contributed by atoms with van der Waals surface area (Å²) in [7, 11) is 0. The Labute approximate surface area is 208 Å². The van der Waals surface area contributed by atoms with E-state index in [9.17, 15) is 9.59 Å². The van der Waals surface area contributed by atoms with E-state index in [1.54, 1.807) is 10.6 Å². The zero-order valence-electron chi connectivity index (χ0n) is 21.5. The number of nitrogens with zero attached hydrogens (tertiary/aromatic N) is 3. The van der Waals surface area contributed by atoms with Crippen LogP contribution in [0.25, 0.3) is 5.65 Å². The van der Waals surface area contributed by atoms with Crippen molar-refractivity contribution in [3.05, 3.63) is 35.8 Å². The lowest BCUT2D eigenvalue weighted by molar-refractivity contribution is -0.136. The van der Waals surface area contributed by atoms with Crippen molar-refractivity contribution in [3.8, 4) is 0 Å². The number of pyridine rings is 1. The van der Waals surface area contributed by atoms with Crippen molar-refractivity contribution in [1.29, 1.82) is 0 Å². The van der Waals surface area contributed by atoms with Gasteiger partial charge in [0, 0.05) is 37.9 Å². The molecule has 2 heterocycles. The number of carbonyl (C=O) groups excluding carboxylic acids is 2. The summed E-state index contributed by atoms with van der Waals surface area (Å²) in [5.41, 5.74) is 2.54. The minimum absolute atomic E-state index is 0.0780. The van der Waals surface area contributed by atoms with Crippen LogP contribution in [0, 0.1) is 28.6 Å². The van der Waals surface area contributed by atoms with Gasteiger partial charge in [-0.1, -0.05) is 6.07 Å². The Hall–Kier alpha value is -2.41. The number of aromatic nitrogens is 2. The highest BCUT2D eigenvalue weighted by Crippen LogP contribution is 2.84. The second-order valence-electron chi connectivity index (χ2n) is 12.4. The first-order chi connectivity index (χ1) is 16.7. The molecule has 188 valence electrons. The molecule has 7 heteroatoms. The molecule has 0 radical (unpaired) electrons. The third-order valence-electron chi connectivity index (χ3n) is 9.89. The van der Waals surface area contributed by atoms with Gasteiger partial charge in [-0.2, -0.15) is 0 Å². The van der Waals surface area contributed by atoms with Gasteiger partial charge in [0.25, 0.3) is 11.8 Å². The summed E-state index contributed by atoms with van der Waals surface area (Å²) in [6.07, 6.45) is 8.46. The Morgan fingerprint density at radius 3 is 2.43 bits per heavy atom. The number of carbonyl (C=O) groups is 2. The number of nitrogens with one attached hydrogen (secondary N) is 2. The van der Waals surface area contributed by atoms with E-state index in [0.29, 0.717) is 41.1 Å². The van der Waals surface area contributed by atoms with Crippen LogP contribution in [0.4, 0.5) is 0 Å². The number of fused-ring (bicyclic) bond motifs is 1. The molecule has 6 saturated carbocycles. The highest BCUT2D eigenvalue weighted by Gasteiger charge is 2.77. The Bertz CT molecular complexity index is 1150. The summed E-state index contributed by atoms with van der Waals surface area (Å²) < 4.78 is 1.75. The normalized spacial score (nSPS) is 32.1. The van der Waals surface area contributed by atoms with E-state index in [2.05, 4.69) is 48.2 Å². The predicted octanol–water partition coefficient (Wildman–Crippen LogP) is 3.74. The lowest BCUT2D eigenvalue weighted by Gasteiger charge is -2.63. The molecule has 4 bridgehead atoms. The molecule has 0 aromatic carbocycles. The van der Waals surface area contributed by atoms with Gasteiger partial charge in [-0.05, 0) is 101 Å². The molecular formula is C28H39N5O2. The predicted molar refractivity (Wildman–Crippen MR) is 135 cm³/mol. The number of hydrogen-bond acceptors (Lipinski definition) is 4. The molecule has 35 heavy (non-hydrogen) atoms. The summed E-state index contributed by atoms with van der Waals surface area (Å²) in [6.45, 7) is 10.8. The molecule has 2 N–H and O–H groups in total. The van der Waals surface area contributed by atoms with E-state index in [1.165, 1.54) is 32.1 Å². The quantitative estimate of drug-likeness (QED) is 0.577. The van der Waals surface area contributed by atoms with Crippen LogP contribution >= 0.6 is 0 Å². The minimum atomic E-state index is -0.206. The number of amides is 2. The fourth-order valence-electron chi connectivity index (χ4n) is 8.33. The second kappa shape index (κ2) is 8.05. The van der Waals surface area contributed by atoms with Crippen LogP contribution in [0.2, 0.25) is 0 Å². The Kier molecular flexibility index (Phi) is 5.30. The third kappa shape index (κ3) is 3.61. The Morgan fingerprint density at radius 1 is 1.03 bits per heavy atom. The summed E-state index contributed by atoms with van der Waals surface area (Å²) >= 11 is 0. The van der Waals surface area contributed by atoms with E-state index >= 15 is 0 Å². The topological polar surface area (TPSA) is 78.7 Å². The first-order valence-electron chi connectivity index (χ1n) is 13.5. The van der Waals surface area contributed by atoms with Gasteiger partial charge in [-0.25, -0.2) is 4.98 Å². The summed E-state index contributed by atoms with van der Waals surface area (Å²) in [4.78, 5) is 32.9. The Balaban J connectivity index is 1.10. The summed E-state index contributed by atoms with van der Waals surface area (Å²) in [5.74, 6) is 2.48. The van der Waals surface area contributed by atoms with Gasteiger partial charge in [-0.15, -0.1) is 0 Å². The monoisotopic (exact) mass is 477 g/mol. The molecule has 2 aromatic rings. The van der Waals surface area contributed by atoms with E-state index in [0.717, 1.165) is 36.3 Å². The standard InChI is InChI=1S/C28H39N5O2/c1-17(2)32(18(3)4)9-8-29-25(34)22-15-33-23(6-5-7-24(33)31-22)26(35)30-16-27-11-19-10-20(12-27)28(19)14-21(28)13-27/h5-7,15,17-21H,8-14,16H2,1-4H3,(H,29,34)(H,30,35). The van der Waals surface area contributed by atoms with Gasteiger partial charge >= 0.3 is 0 Å². The van der Waals surface area contributed by atoms with Crippen molar-refractivity contribution in [2.75, 3.05) is 19.6 Å². The molecule has 2 amide bonds. The molecule has 1 spiro atoms. The molecule has 3 unspecified atom stereocenters. The van der Waals surface area contributed by atoms with Gasteiger partial charge in [-0.3, -0.25) is 18.9 Å². The summed E-state index contributed by atoms with van der Waals surface area (Å²) in [5, 5.41) is 6.26. The van der Waals surface area contributed by atoms with Crippen molar-refractivity contribution in [3.63, 3.8) is 0 Å². The molecule has 6 fully saturated rings. The lowest BCUT2D eigenvalue weighted by Crippen LogP contribution is -2.58. The van der Waals surface area contributed by atoms with Gasteiger partial charge in [0.2, 0.25) is 0 Å². The van der Waals surface area contributed by atoms with Crippen LogP contribution in [0.1, 0.15) is 80.8 Å². The zero-order valence-corrected chi connectivity index (χ0v) is 21.5. The van der Waals surface area contributed by atoms with Crippen LogP contribution in [0.5, 0.6) is 0 Å². The molecule has 8 rings (SSSR count). The maximum Gasteiger partial charge on any atom is 0.271 e. The van der Waals surface area contributed by atoms with Crippen molar-refractivity contribution in [2.45, 2.75) is 71.9 Å². The Morgan fingerprint density at radius 2 is 1.74 bits per heavy atom. The van der Waals surface area contributed by atoms with Gasteiger partial charge < -0.3 is 10.6 Å². The average molecular weight is 478 g/mol. The summed E-state index contributed by atoms with van der Waals surface area (Å²) in [6, 6.07) is 6.34. The van der Waals surface area contributed by atoms with Crippen LogP contribution in [-0.4, -0.2) is 57.8 Å². The molecule has 0 aliphatic heterocycles. The van der Waals surface area contributed by atoms with E-state index < -0.39 is 0 Å². The fourth-order valence-corrected chi connectivity index (χ4v) is 8.33. The average Bonchev–Trinajstić information content (AvgIpc) is 3.44. The van der Waals surface area contributed by atoms with Crippen LogP contribution in [-0.2, 0) is 0 Å². The zero-order chi connectivity index (χ0) is 24.5. The van der Waals surface area contributed by atoms with Crippen molar-refractivity contribution >= 4 is 17.5 Å². The molecule has 6 aliphatic carbocycles. The van der Waals surface area contributed by atoms with Gasteiger partial charge in [0.05, 0.1) is 0 Å². The maximum absolute atomic E-state index is 13.2. The largest absolute Gasteiger partial charge is 0.350 e. The first-order valence-corrected chi connectivity index (χ1v) is 13.5. The molecule has 2 aromatic heterocycles. The molecule has 3 atom stereocenters. The molecule has 7 nitrogen and oxygen atoms in total. The van der Waals surface area contributed by atoms with E-state index in [4.69, 9.17) is 0 Å². The van der Waals surface area contributed by atoms with E-state index in [1.807, 2.05) is 18.2 Å². The van der Waals surface area contributed by atoms with Gasteiger partial charge in [0.15, 0.2) is 0 Å². The molecule has 0 saturated heterocycles. The van der Waals surface area contributed by atoms with Crippen LogP contribution in [0.15, 0.2) is 24.4 Å². The lowest BCUT2D eigenvalue weighted by atomic mass is 9.42. The van der Waals surface area contributed by atoms with Crippen molar-refractivity contribution < 1.29 is 9.59 Å². The van der Waals surface area contributed by atoms with Gasteiger partial charge in [0.1, 0.15) is 17.0 Å². The third-order valence-corrected chi connectivity index (χ3v) is 9.89. The molecule has 6 aliphatic rings. The van der Waals surface area contributed by atoms with Crippen LogP contribution < -0.4 is 10.6 Å². The maximum atomic E-state index is 13.2. The fraction of sp³-hybridized carbons (Fsp3) is 0.679. The SMILES string of the molecule is CC(C)N(CCNC(=O)c1cn2c(C(=O)NCC34CC5CC(C3)C53CC3C4)cccc2n1)C(C)C. The smallest absolute Gasteiger partial charge is 0.271 e. The van der Waals surface area contributed by atoms with Crippen LogP contribution in [0.3, 0.4) is 0 Å². The highest BCUT2D eigenvalue weighted by molar-refractivity contribution is 5.95. The van der Waals surface area contributed by atoms with Crippen molar-refractivity contribution in [1.82, 2.24) is 24.9 Å². The second-order valence-corrected chi connectivity index (χ2v) is 12.4. The number of imidazole rings is 1. The number of hydrogen-bond donors (Lipinski definition) is 2.